The molecule has 11 nitrogen and oxygen atoms in total. The van der Waals surface area contributed by atoms with Gasteiger partial charge in [0.1, 0.15) is 23.7 Å². The molecule has 3 N–H and O–H groups in total. The Morgan fingerprint density at radius 1 is 1.05 bits per heavy atom. The molecule has 0 atom stereocenters. The molecule has 0 unspecified atom stereocenters. The van der Waals surface area contributed by atoms with Crippen LogP contribution in [0.5, 0.6) is 11.5 Å². The maximum atomic E-state index is 13.1. The lowest BCUT2D eigenvalue weighted by atomic mass is 9.90. The Morgan fingerprint density at radius 2 is 1.88 bits per heavy atom. The average Bonchev–Trinajstić information content (AvgIpc) is 3.39. The lowest BCUT2D eigenvalue weighted by molar-refractivity contribution is 0.102. The summed E-state index contributed by atoms with van der Waals surface area (Å²) in [6.07, 6.45) is 5.10. The minimum Gasteiger partial charge on any atom is -0.497 e. The third kappa shape index (κ3) is 5.86. The van der Waals surface area contributed by atoms with Gasteiger partial charge in [0.2, 0.25) is 0 Å². The fraction of sp³-hybridized carbons (Fsp3) is 0.333. The molecular formula is C30H34N8O3. The number of piperazine rings is 1. The molecule has 1 aliphatic heterocycles. The second kappa shape index (κ2) is 11.6. The number of ether oxygens (including phenoxy) is 2. The van der Waals surface area contributed by atoms with Crippen molar-refractivity contribution >= 4 is 17.4 Å². The fourth-order valence-electron chi connectivity index (χ4n) is 5.22. The zero-order valence-corrected chi connectivity index (χ0v) is 23.3. The monoisotopic (exact) mass is 554 g/mol. The maximum absolute atomic E-state index is 13.1. The number of fused-ring (bicyclic) bond motifs is 3. The SMILES string of the molecule is COc1ccc2c(c1)CCc1cnc(-n3cc(C(=O)Nc4cccc(OCCN5CCN(C)CC5)c4)c(N)n3)nc1-2. The third-order valence-electron chi connectivity index (χ3n) is 7.64. The predicted octanol–water partition coefficient (Wildman–Crippen LogP) is 2.90. The van der Waals surface area contributed by atoms with Gasteiger partial charge in [0.25, 0.3) is 11.9 Å². The van der Waals surface area contributed by atoms with Crippen molar-refractivity contribution in [1.29, 1.82) is 0 Å². The second-order valence-corrected chi connectivity index (χ2v) is 10.4. The molecule has 2 aromatic heterocycles. The molecular weight excluding hydrogens is 520 g/mol. The van der Waals surface area contributed by atoms with Crippen LogP contribution in [0.1, 0.15) is 21.5 Å². The van der Waals surface area contributed by atoms with Gasteiger partial charge in [-0.05, 0) is 61.3 Å². The number of hydrogen-bond acceptors (Lipinski definition) is 9. The number of aromatic nitrogens is 4. The molecule has 0 radical (unpaired) electrons. The number of likely N-dealkylation sites (N-methyl/N-ethyl adjacent to an activating group) is 1. The lowest BCUT2D eigenvalue weighted by Gasteiger charge is -2.32. The van der Waals surface area contributed by atoms with Crippen molar-refractivity contribution in [3.8, 4) is 28.7 Å². The first-order valence-corrected chi connectivity index (χ1v) is 13.8. The van der Waals surface area contributed by atoms with Gasteiger partial charge in [0.15, 0.2) is 5.82 Å². The molecule has 0 bridgehead atoms. The molecule has 2 aliphatic rings. The van der Waals surface area contributed by atoms with Crippen LogP contribution in [0.4, 0.5) is 11.5 Å². The standard InChI is InChI=1S/C30H34N8O3/c1-36-10-12-37(13-11-36)14-15-41-24-5-3-4-22(17-24)33-29(39)26-19-38(35-28(26)31)30-32-18-21-7-6-20-16-23(40-2)8-9-25(20)27(21)34-30/h3-5,8-9,16-19H,6-7,10-15H2,1-2H3,(H2,31,35)(H,33,39). The molecule has 4 aromatic rings. The molecule has 212 valence electrons. The molecule has 2 aromatic carbocycles. The summed E-state index contributed by atoms with van der Waals surface area (Å²) in [5.41, 5.74) is 11.1. The van der Waals surface area contributed by atoms with Crippen molar-refractivity contribution in [2.45, 2.75) is 12.8 Å². The molecule has 3 heterocycles. The van der Waals surface area contributed by atoms with Crippen LogP contribution in [0.2, 0.25) is 0 Å². The van der Waals surface area contributed by atoms with Crippen LogP contribution in [0.25, 0.3) is 17.2 Å². The number of nitrogens with two attached hydrogens (primary N) is 1. The number of carbonyl (C=O) groups is 1. The van der Waals surface area contributed by atoms with Gasteiger partial charge in [0.05, 0.1) is 12.8 Å². The van der Waals surface area contributed by atoms with Crippen LogP contribution in [0.3, 0.4) is 0 Å². The van der Waals surface area contributed by atoms with E-state index < -0.39 is 0 Å². The summed E-state index contributed by atoms with van der Waals surface area (Å²) < 4.78 is 12.8. The van der Waals surface area contributed by atoms with Gasteiger partial charge in [-0.3, -0.25) is 9.69 Å². The third-order valence-corrected chi connectivity index (χ3v) is 7.64. The first-order valence-electron chi connectivity index (χ1n) is 13.8. The van der Waals surface area contributed by atoms with E-state index in [4.69, 9.17) is 20.2 Å². The number of methoxy groups -OCH3 is 1. The Kier molecular flexibility index (Phi) is 7.53. The van der Waals surface area contributed by atoms with E-state index in [-0.39, 0.29) is 17.3 Å². The summed E-state index contributed by atoms with van der Waals surface area (Å²) in [5.74, 6) is 1.57. The van der Waals surface area contributed by atoms with Gasteiger partial charge in [-0.2, -0.15) is 0 Å². The van der Waals surface area contributed by atoms with Gasteiger partial charge in [0, 0.05) is 62.4 Å². The first kappa shape index (κ1) is 26.7. The molecule has 0 spiro atoms. The first-order chi connectivity index (χ1) is 20.0. The number of rotatable bonds is 8. The molecule has 1 saturated heterocycles. The Labute approximate surface area is 238 Å². The molecule has 0 saturated carbocycles. The van der Waals surface area contributed by atoms with Crippen LogP contribution >= 0.6 is 0 Å². The van der Waals surface area contributed by atoms with Crippen LogP contribution in [-0.2, 0) is 12.8 Å². The van der Waals surface area contributed by atoms with Crippen molar-refractivity contribution in [1.82, 2.24) is 29.5 Å². The summed E-state index contributed by atoms with van der Waals surface area (Å²) in [7, 11) is 3.81. The van der Waals surface area contributed by atoms with E-state index >= 15 is 0 Å². The quantitative estimate of drug-likeness (QED) is 0.338. The van der Waals surface area contributed by atoms with E-state index in [1.54, 1.807) is 13.3 Å². The van der Waals surface area contributed by atoms with E-state index in [0.717, 1.165) is 68.1 Å². The molecule has 1 fully saturated rings. The van der Waals surface area contributed by atoms with Crippen molar-refractivity contribution in [3.63, 3.8) is 0 Å². The molecule has 41 heavy (non-hydrogen) atoms. The number of nitrogens with zero attached hydrogens (tertiary/aromatic N) is 6. The molecule has 11 heteroatoms. The van der Waals surface area contributed by atoms with E-state index in [2.05, 4.69) is 32.2 Å². The molecule has 6 rings (SSSR count). The number of nitrogens with one attached hydrogen (secondary N) is 1. The van der Waals surface area contributed by atoms with Crippen molar-refractivity contribution < 1.29 is 14.3 Å². The number of hydrogen-bond donors (Lipinski definition) is 2. The van der Waals surface area contributed by atoms with Crippen molar-refractivity contribution in [2.75, 3.05) is 64.5 Å². The number of carbonyl (C=O) groups excluding carboxylic acids is 1. The van der Waals surface area contributed by atoms with Crippen molar-refractivity contribution in [3.05, 3.63) is 71.5 Å². The van der Waals surface area contributed by atoms with Gasteiger partial charge < -0.3 is 25.4 Å². The second-order valence-electron chi connectivity index (χ2n) is 10.4. The zero-order valence-electron chi connectivity index (χ0n) is 23.3. The largest absolute Gasteiger partial charge is 0.497 e. The van der Waals surface area contributed by atoms with Gasteiger partial charge in [-0.25, -0.2) is 14.6 Å². The number of nitrogen functional groups attached to an aromatic ring is 1. The molecule has 1 amide bonds. The van der Waals surface area contributed by atoms with Crippen LogP contribution in [0, 0.1) is 0 Å². The summed E-state index contributed by atoms with van der Waals surface area (Å²) in [4.78, 5) is 27.2. The average molecular weight is 555 g/mol. The topological polar surface area (TPSA) is 124 Å². The highest BCUT2D eigenvalue weighted by Crippen LogP contribution is 2.34. The fourth-order valence-corrected chi connectivity index (χ4v) is 5.22. The Bertz CT molecular complexity index is 1560. The van der Waals surface area contributed by atoms with Gasteiger partial charge in [-0.1, -0.05) is 6.07 Å². The number of benzene rings is 2. The minimum absolute atomic E-state index is 0.0912. The van der Waals surface area contributed by atoms with Crippen LogP contribution in [-0.4, -0.2) is 88.9 Å². The smallest absolute Gasteiger partial charge is 0.261 e. The molecule has 1 aliphatic carbocycles. The van der Waals surface area contributed by atoms with E-state index in [1.165, 1.54) is 10.2 Å². The zero-order chi connectivity index (χ0) is 28.3. The van der Waals surface area contributed by atoms with E-state index in [1.807, 2.05) is 48.7 Å². The lowest BCUT2D eigenvalue weighted by Crippen LogP contribution is -2.45. The van der Waals surface area contributed by atoms with Gasteiger partial charge >= 0.3 is 0 Å². The summed E-state index contributed by atoms with van der Waals surface area (Å²) in [6.45, 7) is 5.69. The summed E-state index contributed by atoms with van der Waals surface area (Å²) in [6, 6.07) is 13.3. The van der Waals surface area contributed by atoms with Crippen LogP contribution in [0.15, 0.2) is 54.9 Å². The summed E-state index contributed by atoms with van der Waals surface area (Å²) in [5, 5.41) is 7.24. The van der Waals surface area contributed by atoms with Gasteiger partial charge in [-0.15, -0.1) is 5.10 Å². The maximum Gasteiger partial charge on any atom is 0.261 e. The van der Waals surface area contributed by atoms with Crippen molar-refractivity contribution in [2.24, 2.45) is 0 Å². The highest BCUT2D eigenvalue weighted by Gasteiger charge is 2.22. The summed E-state index contributed by atoms with van der Waals surface area (Å²) >= 11 is 0. The Hall–Kier alpha value is -4.48. The van der Waals surface area contributed by atoms with E-state index in [0.29, 0.717) is 24.0 Å². The predicted molar refractivity (Wildman–Crippen MR) is 157 cm³/mol. The number of amides is 1. The normalized spacial score (nSPS) is 15.2. The van der Waals surface area contributed by atoms with E-state index in [9.17, 15) is 4.79 Å². The minimum atomic E-state index is -0.376. The Balaban J connectivity index is 1.13. The Morgan fingerprint density at radius 3 is 2.71 bits per heavy atom. The highest BCUT2D eigenvalue weighted by molar-refractivity contribution is 6.07. The highest BCUT2D eigenvalue weighted by atomic mass is 16.5. The number of aryl methyl sites for hydroxylation is 2. The number of anilines is 2. The van der Waals surface area contributed by atoms with Crippen LogP contribution < -0.4 is 20.5 Å².